The SMILES string of the molecule is Cc1cc(C)c(C(N)C2CCCCCCC2)cc1C. The summed E-state index contributed by atoms with van der Waals surface area (Å²) in [5.41, 5.74) is 12.1. The second-order valence-electron chi connectivity index (χ2n) is 6.42. The fraction of sp³-hybridized carbons (Fsp3) is 0.667. The van der Waals surface area contributed by atoms with E-state index in [-0.39, 0.29) is 6.04 Å². The van der Waals surface area contributed by atoms with Gasteiger partial charge in [0.25, 0.3) is 0 Å². The van der Waals surface area contributed by atoms with Gasteiger partial charge in [-0.15, -0.1) is 0 Å². The van der Waals surface area contributed by atoms with Crippen molar-refractivity contribution in [1.29, 1.82) is 0 Å². The van der Waals surface area contributed by atoms with E-state index in [4.69, 9.17) is 5.73 Å². The molecule has 0 heterocycles. The molecule has 0 amide bonds. The number of benzene rings is 1. The van der Waals surface area contributed by atoms with E-state index in [9.17, 15) is 0 Å². The van der Waals surface area contributed by atoms with Gasteiger partial charge in [-0.25, -0.2) is 0 Å². The summed E-state index contributed by atoms with van der Waals surface area (Å²) < 4.78 is 0. The fourth-order valence-corrected chi connectivity index (χ4v) is 3.44. The van der Waals surface area contributed by atoms with Gasteiger partial charge >= 0.3 is 0 Å². The van der Waals surface area contributed by atoms with Gasteiger partial charge in [-0.2, -0.15) is 0 Å². The van der Waals surface area contributed by atoms with E-state index < -0.39 is 0 Å². The molecule has 1 fully saturated rings. The van der Waals surface area contributed by atoms with E-state index in [2.05, 4.69) is 32.9 Å². The first-order valence-corrected chi connectivity index (χ1v) is 7.93. The highest BCUT2D eigenvalue weighted by Gasteiger charge is 2.21. The molecule has 0 aliphatic heterocycles. The molecule has 1 heteroatoms. The van der Waals surface area contributed by atoms with Crippen molar-refractivity contribution in [3.63, 3.8) is 0 Å². The van der Waals surface area contributed by atoms with Gasteiger partial charge in [0.1, 0.15) is 0 Å². The third-order valence-corrected chi connectivity index (χ3v) is 4.90. The first kappa shape index (κ1) is 14.6. The Bertz CT molecular complexity index is 414. The molecule has 2 N–H and O–H groups in total. The van der Waals surface area contributed by atoms with Gasteiger partial charge in [-0.3, -0.25) is 0 Å². The first-order chi connectivity index (χ1) is 9.09. The third-order valence-electron chi connectivity index (χ3n) is 4.90. The van der Waals surface area contributed by atoms with Crippen LogP contribution in [0.1, 0.15) is 73.2 Å². The lowest BCUT2D eigenvalue weighted by atomic mass is 9.81. The summed E-state index contributed by atoms with van der Waals surface area (Å²) in [7, 11) is 0. The fourth-order valence-electron chi connectivity index (χ4n) is 3.44. The van der Waals surface area contributed by atoms with Gasteiger partial charge in [0.15, 0.2) is 0 Å². The topological polar surface area (TPSA) is 26.0 Å². The molecule has 2 rings (SSSR count). The standard InChI is InChI=1S/C18H29N/c1-13-11-15(3)17(12-14(13)2)18(19)16-9-7-5-4-6-8-10-16/h11-12,16,18H,4-10,19H2,1-3H3. The number of hydrogen-bond acceptors (Lipinski definition) is 1. The van der Waals surface area contributed by atoms with Crippen LogP contribution < -0.4 is 5.73 Å². The molecule has 1 nitrogen and oxygen atoms in total. The molecule has 1 atom stereocenters. The summed E-state index contributed by atoms with van der Waals surface area (Å²) in [4.78, 5) is 0. The Morgan fingerprint density at radius 2 is 1.37 bits per heavy atom. The molecule has 1 aromatic carbocycles. The number of rotatable bonds is 2. The average Bonchev–Trinajstić information content (AvgIpc) is 2.32. The predicted molar refractivity (Wildman–Crippen MR) is 83.4 cm³/mol. The molecule has 1 saturated carbocycles. The predicted octanol–water partition coefficient (Wildman–Crippen LogP) is 4.97. The van der Waals surface area contributed by atoms with E-state index in [1.807, 2.05) is 0 Å². The van der Waals surface area contributed by atoms with Gasteiger partial charge < -0.3 is 5.73 Å². The van der Waals surface area contributed by atoms with Crippen molar-refractivity contribution in [3.05, 3.63) is 34.4 Å². The second-order valence-corrected chi connectivity index (χ2v) is 6.42. The Kier molecular flexibility index (Phi) is 5.04. The normalized spacial score (nSPS) is 19.8. The zero-order chi connectivity index (χ0) is 13.8. The lowest BCUT2D eigenvalue weighted by Gasteiger charge is -2.27. The van der Waals surface area contributed by atoms with Gasteiger partial charge in [0, 0.05) is 6.04 Å². The Morgan fingerprint density at radius 3 is 2.00 bits per heavy atom. The van der Waals surface area contributed by atoms with E-state index in [0.717, 1.165) is 0 Å². The van der Waals surface area contributed by atoms with Gasteiger partial charge in [0.2, 0.25) is 0 Å². The molecule has 1 aliphatic carbocycles. The second kappa shape index (κ2) is 6.56. The highest BCUT2D eigenvalue weighted by atomic mass is 14.7. The molecular formula is C18H29N. The Balaban J connectivity index is 2.17. The van der Waals surface area contributed by atoms with Crippen molar-refractivity contribution in [2.75, 3.05) is 0 Å². The van der Waals surface area contributed by atoms with E-state index in [0.29, 0.717) is 5.92 Å². The molecule has 106 valence electrons. The maximum Gasteiger partial charge on any atom is 0.0326 e. The minimum atomic E-state index is 0.234. The maximum absolute atomic E-state index is 6.61. The summed E-state index contributed by atoms with van der Waals surface area (Å²) in [6.45, 7) is 6.60. The lowest BCUT2D eigenvalue weighted by Crippen LogP contribution is -2.23. The molecule has 1 aromatic rings. The molecule has 1 unspecified atom stereocenters. The summed E-state index contributed by atoms with van der Waals surface area (Å²) >= 11 is 0. The van der Waals surface area contributed by atoms with Crippen LogP contribution in [0.4, 0.5) is 0 Å². The van der Waals surface area contributed by atoms with Gasteiger partial charge in [-0.1, -0.05) is 44.2 Å². The van der Waals surface area contributed by atoms with Crippen LogP contribution in [0.15, 0.2) is 12.1 Å². The molecule has 1 aliphatic rings. The summed E-state index contributed by atoms with van der Waals surface area (Å²) in [6.07, 6.45) is 9.57. The summed E-state index contributed by atoms with van der Waals surface area (Å²) in [5.74, 6) is 0.682. The molecular weight excluding hydrogens is 230 g/mol. The van der Waals surface area contributed by atoms with Crippen LogP contribution in [0, 0.1) is 26.7 Å². The Labute approximate surface area is 118 Å². The number of nitrogens with two attached hydrogens (primary N) is 1. The Morgan fingerprint density at radius 1 is 0.842 bits per heavy atom. The van der Waals surface area contributed by atoms with Crippen LogP contribution in [0.3, 0.4) is 0 Å². The van der Waals surface area contributed by atoms with E-state index in [1.54, 1.807) is 0 Å². The van der Waals surface area contributed by atoms with Crippen molar-refractivity contribution in [2.45, 2.75) is 71.8 Å². The molecule has 0 aromatic heterocycles. The minimum absolute atomic E-state index is 0.234. The van der Waals surface area contributed by atoms with Crippen molar-refractivity contribution in [1.82, 2.24) is 0 Å². The van der Waals surface area contributed by atoms with Crippen LogP contribution in [0.5, 0.6) is 0 Å². The summed E-state index contributed by atoms with van der Waals surface area (Å²) in [5, 5.41) is 0. The zero-order valence-corrected chi connectivity index (χ0v) is 12.8. The molecule has 0 saturated heterocycles. The summed E-state index contributed by atoms with van der Waals surface area (Å²) in [6, 6.07) is 4.86. The van der Waals surface area contributed by atoms with E-state index in [1.165, 1.54) is 67.2 Å². The highest BCUT2D eigenvalue weighted by Crippen LogP contribution is 2.33. The number of hydrogen-bond donors (Lipinski definition) is 1. The van der Waals surface area contributed by atoms with Crippen LogP contribution in [-0.4, -0.2) is 0 Å². The van der Waals surface area contributed by atoms with E-state index >= 15 is 0 Å². The first-order valence-electron chi connectivity index (χ1n) is 7.93. The largest absolute Gasteiger partial charge is 0.324 e. The highest BCUT2D eigenvalue weighted by molar-refractivity contribution is 5.38. The van der Waals surface area contributed by atoms with Gasteiger partial charge in [0.05, 0.1) is 0 Å². The van der Waals surface area contributed by atoms with Crippen molar-refractivity contribution < 1.29 is 0 Å². The van der Waals surface area contributed by atoms with Crippen molar-refractivity contribution >= 4 is 0 Å². The minimum Gasteiger partial charge on any atom is -0.324 e. The number of aryl methyl sites for hydroxylation is 3. The average molecular weight is 259 g/mol. The van der Waals surface area contributed by atoms with Crippen molar-refractivity contribution in [2.24, 2.45) is 11.7 Å². The molecule has 0 bridgehead atoms. The molecule has 0 spiro atoms. The van der Waals surface area contributed by atoms with Gasteiger partial charge in [-0.05, 0) is 61.8 Å². The van der Waals surface area contributed by atoms with Crippen LogP contribution in [0.2, 0.25) is 0 Å². The van der Waals surface area contributed by atoms with Crippen LogP contribution in [0.25, 0.3) is 0 Å². The van der Waals surface area contributed by atoms with Crippen molar-refractivity contribution in [3.8, 4) is 0 Å². The quantitative estimate of drug-likeness (QED) is 0.797. The van der Waals surface area contributed by atoms with Crippen LogP contribution >= 0.6 is 0 Å². The zero-order valence-electron chi connectivity index (χ0n) is 12.8. The Hall–Kier alpha value is -0.820. The lowest BCUT2D eigenvalue weighted by molar-refractivity contribution is 0.327. The molecule has 0 radical (unpaired) electrons. The maximum atomic E-state index is 6.61. The third kappa shape index (κ3) is 3.60. The van der Waals surface area contributed by atoms with Crippen LogP contribution in [-0.2, 0) is 0 Å². The molecule has 19 heavy (non-hydrogen) atoms. The monoisotopic (exact) mass is 259 g/mol. The smallest absolute Gasteiger partial charge is 0.0326 e.